The van der Waals surface area contributed by atoms with Gasteiger partial charge in [0.1, 0.15) is 24.3 Å². The van der Waals surface area contributed by atoms with Gasteiger partial charge in [-0.05, 0) is 53.4 Å². The number of amides is 2. The van der Waals surface area contributed by atoms with Gasteiger partial charge in [-0.15, -0.1) is 0 Å². The van der Waals surface area contributed by atoms with Crippen LogP contribution in [0.2, 0.25) is 0 Å². The number of carbonyl (C=O) groups excluding carboxylic acids is 4. The molecule has 2 saturated heterocycles. The Morgan fingerprint density at radius 2 is 1.82 bits per heavy atom. The molecule has 0 saturated carbocycles. The van der Waals surface area contributed by atoms with Crippen LogP contribution in [0.4, 0.5) is 0 Å². The van der Waals surface area contributed by atoms with Crippen LogP contribution in [0.15, 0.2) is 0 Å². The molecule has 0 spiro atoms. The predicted molar refractivity (Wildman–Crippen MR) is 150 cm³/mol. The molecule has 0 aliphatic carbocycles. The highest BCUT2D eigenvalue weighted by atomic mass is 33.1. The Morgan fingerprint density at radius 3 is 2.47 bits per heavy atom. The van der Waals surface area contributed by atoms with Gasteiger partial charge in [0.2, 0.25) is 11.8 Å². The van der Waals surface area contributed by atoms with Gasteiger partial charge in [-0.25, -0.2) is 4.79 Å². The maximum absolute atomic E-state index is 13.0. The number of nitrogens with one attached hydrogen (secondary N) is 2. The molecule has 2 aliphatic heterocycles. The second kappa shape index (κ2) is 17.2. The Hall–Kier alpha value is -1.50. The lowest BCUT2D eigenvalue weighted by Crippen LogP contribution is -2.51. The van der Waals surface area contributed by atoms with E-state index >= 15 is 0 Å². The summed E-state index contributed by atoms with van der Waals surface area (Å²) in [7, 11) is 3.83. The number of carbonyl (C=O) groups is 4. The zero-order valence-corrected chi connectivity index (χ0v) is 24.9. The lowest BCUT2D eigenvalue weighted by molar-refractivity contribution is -0.158. The van der Waals surface area contributed by atoms with E-state index in [0.717, 1.165) is 32.4 Å². The van der Waals surface area contributed by atoms with Gasteiger partial charge < -0.3 is 24.8 Å². The summed E-state index contributed by atoms with van der Waals surface area (Å²) in [5, 5.41) is 6.03. The lowest BCUT2D eigenvalue weighted by atomic mass is 10.1. The summed E-state index contributed by atoms with van der Waals surface area (Å²) in [4.78, 5) is 52.4. The maximum Gasteiger partial charge on any atom is 0.328 e. The van der Waals surface area contributed by atoms with Gasteiger partial charge in [0.15, 0.2) is 0 Å². The minimum atomic E-state index is -0.957. The molecule has 2 amide bonds. The van der Waals surface area contributed by atoms with E-state index < -0.39 is 35.5 Å². The SMILES string of the molecule is CC(NC(=O)C(CCC(=O)OCCN1CCOCC1)NC(=O)CCCCC1CCSS1)C(=O)OC(C)(C)C. The molecule has 38 heavy (non-hydrogen) atoms. The molecule has 0 aromatic rings. The molecule has 2 heterocycles. The fraction of sp³-hybridized carbons (Fsp3) is 0.846. The number of hydrogen-bond acceptors (Lipinski definition) is 10. The monoisotopic (exact) mass is 575 g/mol. The van der Waals surface area contributed by atoms with E-state index in [4.69, 9.17) is 14.2 Å². The lowest BCUT2D eigenvalue weighted by Gasteiger charge is -2.26. The molecular weight excluding hydrogens is 530 g/mol. The first-order valence-corrected chi connectivity index (χ1v) is 16.0. The van der Waals surface area contributed by atoms with Gasteiger partial charge >= 0.3 is 11.9 Å². The van der Waals surface area contributed by atoms with Gasteiger partial charge in [0, 0.05) is 43.5 Å². The van der Waals surface area contributed by atoms with Crippen LogP contribution in [0.5, 0.6) is 0 Å². The fourth-order valence-corrected chi connectivity index (χ4v) is 7.00. The topological polar surface area (TPSA) is 123 Å². The minimum Gasteiger partial charge on any atom is -0.464 e. The van der Waals surface area contributed by atoms with Crippen molar-refractivity contribution >= 4 is 45.3 Å². The van der Waals surface area contributed by atoms with Crippen LogP contribution in [0.1, 0.15) is 72.6 Å². The summed E-state index contributed by atoms with van der Waals surface area (Å²) in [6.45, 7) is 10.6. The van der Waals surface area contributed by atoms with E-state index in [1.165, 1.54) is 19.1 Å². The van der Waals surface area contributed by atoms with Crippen LogP contribution in [0.25, 0.3) is 0 Å². The van der Waals surface area contributed by atoms with Crippen molar-refractivity contribution in [3.05, 3.63) is 0 Å². The molecule has 0 bridgehead atoms. The molecule has 12 heteroatoms. The average molecular weight is 576 g/mol. The third kappa shape index (κ3) is 14.0. The number of esters is 2. The van der Waals surface area contributed by atoms with E-state index in [2.05, 4.69) is 15.5 Å². The van der Waals surface area contributed by atoms with E-state index in [-0.39, 0.29) is 25.4 Å². The molecular formula is C26H45N3O7S2. The summed E-state index contributed by atoms with van der Waals surface area (Å²) >= 11 is 0. The van der Waals surface area contributed by atoms with Crippen LogP contribution < -0.4 is 10.6 Å². The highest BCUT2D eigenvalue weighted by Gasteiger charge is 2.28. The first-order valence-electron chi connectivity index (χ1n) is 13.6. The largest absolute Gasteiger partial charge is 0.464 e. The Kier molecular flexibility index (Phi) is 14.8. The molecule has 0 radical (unpaired) electrons. The Labute approximate surface area is 234 Å². The molecule has 2 aliphatic rings. The fourth-order valence-electron chi connectivity index (χ4n) is 3.97. The average Bonchev–Trinajstić information content (AvgIpc) is 3.37. The normalized spacial score (nSPS) is 19.8. The van der Waals surface area contributed by atoms with Crippen LogP contribution in [-0.2, 0) is 33.4 Å². The number of morpholine rings is 1. The van der Waals surface area contributed by atoms with Crippen molar-refractivity contribution in [1.29, 1.82) is 0 Å². The van der Waals surface area contributed by atoms with Crippen molar-refractivity contribution in [3.63, 3.8) is 0 Å². The van der Waals surface area contributed by atoms with Crippen molar-refractivity contribution in [3.8, 4) is 0 Å². The standard InChI is InChI=1S/C26H45N3O7S2/c1-19(25(33)36-26(2,3)4)27-24(32)21(28-22(30)8-6-5-7-20-11-18-37-38-20)9-10-23(31)35-17-14-29-12-15-34-16-13-29/h19-21H,5-18H2,1-4H3,(H,27,32)(H,28,30). The predicted octanol–water partition coefficient (Wildman–Crippen LogP) is 2.69. The smallest absolute Gasteiger partial charge is 0.328 e. The molecule has 3 unspecified atom stereocenters. The van der Waals surface area contributed by atoms with Gasteiger partial charge in [-0.2, -0.15) is 0 Å². The third-order valence-corrected chi connectivity index (χ3v) is 9.10. The maximum atomic E-state index is 13.0. The minimum absolute atomic E-state index is 0.0289. The van der Waals surface area contributed by atoms with Crippen molar-refractivity contribution in [1.82, 2.24) is 15.5 Å². The van der Waals surface area contributed by atoms with E-state index in [0.29, 0.717) is 31.4 Å². The summed E-state index contributed by atoms with van der Waals surface area (Å²) in [5.41, 5.74) is -0.690. The third-order valence-electron chi connectivity index (χ3n) is 6.09. The quantitative estimate of drug-likeness (QED) is 0.171. The zero-order valence-electron chi connectivity index (χ0n) is 23.3. The molecule has 3 atom stereocenters. The molecule has 0 aromatic heterocycles. The highest BCUT2D eigenvalue weighted by Crippen LogP contribution is 2.39. The van der Waals surface area contributed by atoms with Gasteiger partial charge in [-0.3, -0.25) is 19.3 Å². The van der Waals surface area contributed by atoms with Gasteiger partial charge in [0.25, 0.3) is 0 Å². The molecule has 2 rings (SSSR count). The number of rotatable bonds is 15. The van der Waals surface area contributed by atoms with Crippen molar-refractivity contribution in [2.45, 2.75) is 95.6 Å². The number of hydrogen-bond donors (Lipinski definition) is 2. The number of ether oxygens (including phenoxy) is 3. The van der Waals surface area contributed by atoms with E-state index in [1.54, 1.807) is 20.8 Å². The van der Waals surface area contributed by atoms with Crippen molar-refractivity contribution in [2.75, 3.05) is 45.2 Å². The summed E-state index contributed by atoms with van der Waals surface area (Å²) in [6.07, 6.45) is 4.33. The van der Waals surface area contributed by atoms with Crippen molar-refractivity contribution < 1.29 is 33.4 Å². The van der Waals surface area contributed by atoms with Crippen LogP contribution in [0.3, 0.4) is 0 Å². The highest BCUT2D eigenvalue weighted by molar-refractivity contribution is 8.77. The first-order chi connectivity index (χ1) is 18.0. The summed E-state index contributed by atoms with van der Waals surface area (Å²) in [6, 6.07) is -1.86. The summed E-state index contributed by atoms with van der Waals surface area (Å²) < 4.78 is 16.0. The van der Waals surface area contributed by atoms with Crippen LogP contribution in [-0.4, -0.2) is 96.8 Å². The Bertz CT molecular complexity index is 766. The zero-order chi connectivity index (χ0) is 28.0. The summed E-state index contributed by atoms with van der Waals surface area (Å²) in [5.74, 6) is -0.593. The van der Waals surface area contributed by atoms with Crippen LogP contribution >= 0.6 is 21.6 Å². The Balaban J connectivity index is 1.82. The van der Waals surface area contributed by atoms with Gasteiger partial charge in [0.05, 0.1) is 13.2 Å². The first kappa shape index (κ1) is 32.7. The van der Waals surface area contributed by atoms with Gasteiger partial charge in [-0.1, -0.05) is 28.0 Å². The molecule has 2 N–H and O–H groups in total. The van der Waals surface area contributed by atoms with Crippen LogP contribution in [0, 0.1) is 0 Å². The molecule has 0 aromatic carbocycles. The molecule has 10 nitrogen and oxygen atoms in total. The van der Waals surface area contributed by atoms with E-state index in [1.807, 2.05) is 21.6 Å². The Morgan fingerprint density at radius 1 is 1.08 bits per heavy atom. The molecule has 2 fully saturated rings. The van der Waals surface area contributed by atoms with E-state index in [9.17, 15) is 19.2 Å². The number of nitrogens with zero attached hydrogens (tertiary/aromatic N) is 1. The molecule has 218 valence electrons. The second-order valence-electron chi connectivity index (χ2n) is 10.7. The second-order valence-corrected chi connectivity index (χ2v) is 13.5. The number of unbranched alkanes of at least 4 members (excludes halogenated alkanes) is 1. The van der Waals surface area contributed by atoms with Crippen molar-refractivity contribution in [2.24, 2.45) is 0 Å².